The number of hydrogen-bond donors (Lipinski definition) is 1. The highest BCUT2D eigenvalue weighted by atomic mass is 35.5. The van der Waals surface area contributed by atoms with Crippen LogP contribution in [0.5, 0.6) is 0 Å². The zero-order valence-corrected chi connectivity index (χ0v) is 10.3. The highest BCUT2D eigenvalue weighted by Crippen LogP contribution is 2.36. The van der Waals surface area contributed by atoms with Crippen molar-refractivity contribution in [3.8, 4) is 0 Å². The number of benzene rings is 1. The van der Waals surface area contributed by atoms with Gasteiger partial charge in [-0.3, -0.25) is 0 Å². The largest absolute Gasteiger partial charge is 0.385 e. The lowest BCUT2D eigenvalue weighted by molar-refractivity contribution is 0.193. The Kier molecular flexibility index (Phi) is 4.35. The van der Waals surface area contributed by atoms with Gasteiger partial charge >= 0.3 is 0 Å². The molecule has 0 heterocycles. The molecule has 0 aliphatic carbocycles. The summed E-state index contributed by atoms with van der Waals surface area (Å²) in [5, 5.41) is 10.4. The van der Waals surface area contributed by atoms with Gasteiger partial charge in [-0.1, -0.05) is 29.3 Å². The van der Waals surface area contributed by atoms with Crippen LogP contribution in [0.2, 0.25) is 10.0 Å². The quantitative estimate of drug-likeness (QED) is 0.803. The van der Waals surface area contributed by atoms with Gasteiger partial charge in [-0.2, -0.15) is 0 Å². The van der Waals surface area contributed by atoms with E-state index in [0.29, 0.717) is 15.6 Å². The first-order valence-corrected chi connectivity index (χ1v) is 5.48. The third-order valence-corrected chi connectivity index (χ3v) is 3.16. The Morgan fingerprint density at radius 1 is 1.21 bits per heavy atom. The summed E-state index contributed by atoms with van der Waals surface area (Å²) in [4.78, 5) is -0.952. The van der Waals surface area contributed by atoms with E-state index in [9.17, 15) is 5.11 Å². The van der Waals surface area contributed by atoms with Gasteiger partial charge in [0.15, 0.2) is 0 Å². The second kappa shape index (κ2) is 4.91. The van der Waals surface area contributed by atoms with Crippen molar-refractivity contribution in [1.82, 2.24) is 0 Å². The van der Waals surface area contributed by atoms with Crippen molar-refractivity contribution in [2.75, 3.05) is 0 Å². The van der Waals surface area contributed by atoms with E-state index >= 15 is 0 Å². The lowest BCUT2D eigenvalue weighted by Gasteiger charge is -2.16. The lowest BCUT2D eigenvalue weighted by Crippen LogP contribution is -2.08. The highest BCUT2D eigenvalue weighted by molar-refractivity contribution is 6.45. The fourth-order valence-corrected chi connectivity index (χ4v) is 1.92. The Morgan fingerprint density at radius 3 is 2.29 bits per heavy atom. The summed E-state index contributed by atoms with van der Waals surface area (Å²) in [5.74, 6) is 0. The zero-order chi connectivity index (χ0) is 10.9. The van der Waals surface area contributed by atoms with Crippen molar-refractivity contribution in [2.45, 2.75) is 17.9 Å². The second-order valence-corrected chi connectivity index (χ2v) is 4.82. The van der Waals surface area contributed by atoms with Crippen LogP contribution in [0, 0.1) is 6.92 Å². The molecular formula is C9H8Cl4O. The lowest BCUT2D eigenvalue weighted by atomic mass is 10.1. The Labute approximate surface area is 103 Å². The van der Waals surface area contributed by atoms with E-state index in [4.69, 9.17) is 46.4 Å². The number of alkyl halides is 2. The van der Waals surface area contributed by atoms with Crippen LogP contribution in [-0.4, -0.2) is 9.94 Å². The van der Waals surface area contributed by atoms with Crippen LogP contribution in [0.25, 0.3) is 0 Å². The van der Waals surface area contributed by atoms with Crippen LogP contribution in [0.4, 0.5) is 0 Å². The minimum absolute atomic E-state index is 0.361. The molecule has 0 saturated carbocycles. The molecule has 0 radical (unpaired) electrons. The number of halogens is 4. The van der Waals surface area contributed by atoms with E-state index in [-0.39, 0.29) is 0 Å². The van der Waals surface area contributed by atoms with Crippen LogP contribution in [0.15, 0.2) is 12.1 Å². The zero-order valence-electron chi connectivity index (χ0n) is 7.27. The predicted molar refractivity (Wildman–Crippen MR) is 61.7 cm³/mol. The van der Waals surface area contributed by atoms with Crippen molar-refractivity contribution < 1.29 is 5.11 Å². The topological polar surface area (TPSA) is 20.2 Å². The first kappa shape index (κ1) is 12.4. The van der Waals surface area contributed by atoms with Crippen molar-refractivity contribution >= 4 is 46.4 Å². The van der Waals surface area contributed by atoms with Gasteiger partial charge in [-0.15, -0.1) is 23.2 Å². The summed E-state index contributed by atoms with van der Waals surface area (Å²) in [6, 6.07) is 3.41. The van der Waals surface area contributed by atoms with Gasteiger partial charge in [-0.05, 0) is 18.6 Å². The summed E-state index contributed by atoms with van der Waals surface area (Å²) < 4.78 is 0. The van der Waals surface area contributed by atoms with Crippen molar-refractivity contribution in [3.05, 3.63) is 33.3 Å². The molecule has 1 aromatic rings. The molecule has 0 bridgehead atoms. The average Bonchev–Trinajstić information content (AvgIpc) is 2.12. The first-order valence-electron chi connectivity index (χ1n) is 3.86. The van der Waals surface area contributed by atoms with E-state index in [2.05, 4.69) is 0 Å². The molecule has 1 rings (SSSR count). The fraction of sp³-hybridized carbons (Fsp3) is 0.333. The minimum atomic E-state index is -1.07. The van der Waals surface area contributed by atoms with Crippen molar-refractivity contribution in [2.24, 2.45) is 0 Å². The highest BCUT2D eigenvalue weighted by Gasteiger charge is 2.22. The Bertz CT molecular complexity index is 338. The van der Waals surface area contributed by atoms with Crippen LogP contribution in [0.1, 0.15) is 17.2 Å². The molecule has 0 amide bonds. The minimum Gasteiger partial charge on any atom is -0.385 e. The molecule has 1 unspecified atom stereocenters. The molecule has 1 aromatic carbocycles. The number of aliphatic hydroxyl groups is 1. The van der Waals surface area contributed by atoms with Gasteiger partial charge in [0, 0.05) is 10.6 Å². The average molecular weight is 274 g/mol. The number of aliphatic hydroxyl groups excluding tert-OH is 1. The van der Waals surface area contributed by atoms with Crippen LogP contribution in [0.3, 0.4) is 0 Å². The van der Waals surface area contributed by atoms with E-state index in [1.54, 1.807) is 12.1 Å². The molecule has 1 N–H and O–H groups in total. The van der Waals surface area contributed by atoms with Crippen LogP contribution in [-0.2, 0) is 0 Å². The summed E-state index contributed by atoms with van der Waals surface area (Å²) in [5.41, 5.74) is 1.20. The van der Waals surface area contributed by atoms with Gasteiger partial charge in [0.05, 0.1) is 5.02 Å². The monoisotopic (exact) mass is 272 g/mol. The third-order valence-electron chi connectivity index (χ3n) is 1.85. The molecule has 1 atom stereocenters. The van der Waals surface area contributed by atoms with Crippen LogP contribution >= 0.6 is 46.4 Å². The molecule has 0 saturated heterocycles. The normalized spacial score (nSPS) is 13.4. The molecule has 78 valence electrons. The Morgan fingerprint density at radius 2 is 1.79 bits per heavy atom. The van der Waals surface area contributed by atoms with E-state index in [1.165, 1.54) is 0 Å². The van der Waals surface area contributed by atoms with Gasteiger partial charge in [0.25, 0.3) is 0 Å². The number of aryl methyl sites for hydroxylation is 1. The summed E-state index contributed by atoms with van der Waals surface area (Å²) in [6.45, 7) is 1.81. The van der Waals surface area contributed by atoms with Gasteiger partial charge in [-0.25, -0.2) is 0 Å². The molecule has 0 aliphatic heterocycles. The number of hydrogen-bond acceptors (Lipinski definition) is 1. The summed E-state index contributed by atoms with van der Waals surface area (Å²) in [7, 11) is 0. The fourth-order valence-electron chi connectivity index (χ4n) is 1.08. The van der Waals surface area contributed by atoms with Crippen molar-refractivity contribution in [3.63, 3.8) is 0 Å². The summed E-state index contributed by atoms with van der Waals surface area (Å²) in [6.07, 6.45) is -1.07. The maximum absolute atomic E-state index is 9.65. The SMILES string of the molecule is Cc1ccc(Cl)c(C(O)C(Cl)Cl)c1Cl. The third kappa shape index (κ3) is 2.47. The van der Waals surface area contributed by atoms with Gasteiger partial charge < -0.3 is 5.11 Å². The summed E-state index contributed by atoms with van der Waals surface area (Å²) >= 11 is 23.0. The van der Waals surface area contributed by atoms with Crippen LogP contribution < -0.4 is 0 Å². The Balaban J connectivity index is 3.25. The molecule has 0 spiro atoms. The van der Waals surface area contributed by atoms with Crippen molar-refractivity contribution in [1.29, 1.82) is 0 Å². The van der Waals surface area contributed by atoms with Gasteiger partial charge in [0.1, 0.15) is 10.9 Å². The molecule has 0 aliphatic rings. The molecule has 5 heteroatoms. The number of rotatable bonds is 2. The first-order chi connectivity index (χ1) is 6.45. The van der Waals surface area contributed by atoms with E-state index in [1.807, 2.05) is 6.92 Å². The molecule has 14 heavy (non-hydrogen) atoms. The standard InChI is InChI=1S/C9H8Cl4O/c1-4-2-3-5(10)6(7(4)11)8(14)9(12)13/h2-3,8-9,14H,1H3. The Hall–Kier alpha value is 0.340. The predicted octanol–water partition coefficient (Wildman–Crippen LogP) is 4.14. The van der Waals surface area contributed by atoms with Gasteiger partial charge in [0.2, 0.25) is 0 Å². The van der Waals surface area contributed by atoms with E-state index < -0.39 is 10.9 Å². The molecular weight excluding hydrogens is 266 g/mol. The maximum Gasteiger partial charge on any atom is 0.137 e. The molecule has 0 aromatic heterocycles. The maximum atomic E-state index is 9.65. The molecule has 1 nitrogen and oxygen atoms in total. The molecule has 0 fully saturated rings. The smallest absolute Gasteiger partial charge is 0.137 e. The van der Waals surface area contributed by atoms with E-state index in [0.717, 1.165) is 5.56 Å². The second-order valence-electron chi connectivity index (χ2n) is 2.87.